The average molecular weight is 459 g/mol. The highest BCUT2D eigenvalue weighted by atomic mass is 19.4. The van der Waals surface area contributed by atoms with E-state index < -0.39 is 23.9 Å². The van der Waals surface area contributed by atoms with E-state index in [-0.39, 0.29) is 41.2 Å². The van der Waals surface area contributed by atoms with Crippen molar-refractivity contribution in [1.82, 2.24) is 15.0 Å². The molecule has 0 atom stereocenters. The van der Waals surface area contributed by atoms with E-state index in [9.17, 15) is 27.2 Å². The standard InChI is InChI=1S/C23H17F4N3O3/c1-13-4-2-3-5-14(13)10-17(24)18-11-15(6-8-28-18)20-12-16-19(7-9-29-21(16)31)30(20)33-22(32)23(25,26)27/h2-6,8,10-12H,7,9H2,1H3,(H,29,31)/b17-10+. The number of aromatic nitrogens is 2. The zero-order valence-corrected chi connectivity index (χ0v) is 17.2. The van der Waals surface area contributed by atoms with Gasteiger partial charge in [-0.05, 0) is 42.3 Å². The third kappa shape index (κ3) is 4.50. The van der Waals surface area contributed by atoms with Crippen LogP contribution in [-0.2, 0) is 11.2 Å². The Morgan fingerprint density at radius 3 is 2.70 bits per heavy atom. The monoisotopic (exact) mass is 459 g/mol. The Kier molecular flexibility index (Phi) is 5.75. The van der Waals surface area contributed by atoms with Crippen LogP contribution in [0.3, 0.4) is 0 Å². The Balaban J connectivity index is 1.79. The number of nitrogens with one attached hydrogen (secondary N) is 1. The molecule has 1 amide bonds. The maximum absolute atomic E-state index is 14.9. The van der Waals surface area contributed by atoms with Crippen LogP contribution >= 0.6 is 0 Å². The van der Waals surface area contributed by atoms with E-state index in [4.69, 9.17) is 0 Å². The fourth-order valence-corrected chi connectivity index (χ4v) is 3.48. The summed E-state index contributed by atoms with van der Waals surface area (Å²) in [6.45, 7) is 1.98. The van der Waals surface area contributed by atoms with Crippen molar-refractivity contribution in [2.24, 2.45) is 0 Å². The van der Waals surface area contributed by atoms with E-state index >= 15 is 0 Å². The number of hydrogen-bond acceptors (Lipinski definition) is 4. The van der Waals surface area contributed by atoms with Gasteiger partial charge in [0.15, 0.2) is 0 Å². The highest BCUT2D eigenvalue weighted by molar-refractivity contribution is 5.98. The van der Waals surface area contributed by atoms with E-state index in [0.717, 1.165) is 5.56 Å². The van der Waals surface area contributed by atoms with Crippen molar-refractivity contribution in [3.63, 3.8) is 0 Å². The first kappa shape index (κ1) is 22.3. The quantitative estimate of drug-likeness (QED) is 0.596. The first-order valence-corrected chi connectivity index (χ1v) is 9.87. The van der Waals surface area contributed by atoms with Gasteiger partial charge in [0.2, 0.25) is 0 Å². The summed E-state index contributed by atoms with van der Waals surface area (Å²) in [6.07, 6.45) is -2.52. The first-order chi connectivity index (χ1) is 15.6. The minimum absolute atomic E-state index is 0.0120. The number of nitrogens with zero attached hydrogens (tertiary/aromatic N) is 2. The lowest BCUT2D eigenvalue weighted by molar-refractivity contribution is -0.199. The van der Waals surface area contributed by atoms with Gasteiger partial charge in [0.05, 0.1) is 22.6 Å². The van der Waals surface area contributed by atoms with Gasteiger partial charge in [-0.3, -0.25) is 9.78 Å². The lowest BCUT2D eigenvalue weighted by Gasteiger charge is -2.17. The maximum atomic E-state index is 14.9. The maximum Gasteiger partial charge on any atom is 0.493 e. The van der Waals surface area contributed by atoms with Gasteiger partial charge in [0.1, 0.15) is 5.83 Å². The van der Waals surface area contributed by atoms with Crippen molar-refractivity contribution in [3.8, 4) is 11.3 Å². The third-order valence-corrected chi connectivity index (χ3v) is 5.12. The van der Waals surface area contributed by atoms with Crippen LogP contribution < -0.4 is 10.2 Å². The predicted molar refractivity (Wildman–Crippen MR) is 112 cm³/mol. The van der Waals surface area contributed by atoms with E-state index in [1.54, 1.807) is 12.1 Å². The van der Waals surface area contributed by atoms with Crippen LogP contribution in [0, 0.1) is 6.92 Å². The number of pyridine rings is 1. The van der Waals surface area contributed by atoms with Gasteiger partial charge in [-0.15, -0.1) is 0 Å². The van der Waals surface area contributed by atoms with Gasteiger partial charge in [-0.25, -0.2) is 9.18 Å². The fourth-order valence-electron chi connectivity index (χ4n) is 3.48. The summed E-state index contributed by atoms with van der Waals surface area (Å²) in [5.74, 6) is -3.62. The molecule has 1 aliphatic rings. The van der Waals surface area contributed by atoms with E-state index in [1.165, 1.54) is 30.5 Å². The highest BCUT2D eigenvalue weighted by Crippen LogP contribution is 2.30. The number of carbonyl (C=O) groups excluding carboxylic acids is 2. The van der Waals surface area contributed by atoms with Gasteiger partial charge in [0.25, 0.3) is 5.91 Å². The summed E-state index contributed by atoms with van der Waals surface area (Å²) < 4.78 is 54.2. The molecule has 1 aliphatic heterocycles. The lowest BCUT2D eigenvalue weighted by atomic mass is 10.1. The van der Waals surface area contributed by atoms with Gasteiger partial charge >= 0.3 is 12.1 Å². The molecule has 0 radical (unpaired) electrons. The number of fused-ring (bicyclic) bond motifs is 1. The van der Waals surface area contributed by atoms with Crippen LogP contribution in [0.4, 0.5) is 17.6 Å². The summed E-state index contributed by atoms with van der Waals surface area (Å²) in [5.41, 5.74) is 1.79. The number of hydrogen-bond donors (Lipinski definition) is 1. The van der Waals surface area contributed by atoms with Crippen LogP contribution in [0.2, 0.25) is 0 Å². The second kappa shape index (κ2) is 8.53. The second-order valence-electron chi connectivity index (χ2n) is 7.35. The zero-order chi connectivity index (χ0) is 23.8. The minimum Gasteiger partial charge on any atom is -0.352 e. The minimum atomic E-state index is -5.24. The van der Waals surface area contributed by atoms with Crippen molar-refractivity contribution >= 4 is 23.8 Å². The zero-order valence-electron chi connectivity index (χ0n) is 17.2. The molecule has 2 aromatic heterocycles. The molecule has 170 valence electrons. The Morgan fingerprint density at radius 2 is 1.97 bits per heavy atom. The predicted octanol–water partition coefficient (Wildman–Crippen LogP) is 4.13. The summed E-state index contributed by atoms with van der Waals surface area (Å²) in [4.78, 5) is 32.4. The summed E-state index contributed by atoms with van der Waals surface area (Å²) in [5, 5.41) is 2.58. The van der Waals surface area contributed by atoms with Crippen LogP contribution in [-0.4, -0.2) is 34.3 Å². The van der Waals surface area contributed by atoms with Crippen LogP contribution in [0.5, 0.6) is 0 Å². The molecule has 6 nitrogen and oxygen atoms in total. The number of rotatable bonds is 4. The molecule has 3 aromatic rings. The molecule has 0 fully saturated rings. The van der Waals surface area contributed by atoms with Crippen molar-refractivity contribution in [1.29, 1.82) is 0 Å². The van der Waals surface area contributed by atoms with E-state index in [2.05, 4.69) is 15.1 Å². The van der Waals surface area contributed by atoms with Gasteiger partial charge in [-0.1, -0.05) is 24.3 Å². The Morgan fingerprint density at radius 1 is 1.21 bits per heavy atom. The number of alkyl halides is 3. The molecule has 10 heteroatoms. The van der Waals surface area contributed by atoms with Gasteiger partial charge < -0.3 is 10.2 Å². The number of benzene rings is 1. The first-order valence-electron chi connectivity index (χ1n) is 9.87. The number of amides is 1. The average Bonchev–Trinajstić information content (AvgIpc) is 3.14. The molecule has 3 heterocycles. The molecule has 0 spiro atoms. The van der Waals surface area contributed by atoms with Crippen LogP contribution in [0.15, 0.2) is 48.7 Å². The molecule has 0 bridgehead atoms. The van der Waals surface area contributed by atoms with E-state index in [0.29, 0.717) is 10.3 Å². The molecule has 33 heavy (non-hydrogen) atoms. The largest absolute Gasteiger partial charge is 0.493 e. The van der Waals surface area contributed by atoms with Crippen LogP contribution in [0.25, 0.3) is 23.2 Å². The molecule has 1 N–H and O–H groups in total. The van der Waals surface area contributed by atoms with E-state index in [1.807, 2.05) is 19.1 Å². The van der Waals surface area contributed by atoms with Crippen molar-refractivity contribution < 1.29 is 32.0 Å². The topological polar surface area (TPSA) is 73.2 Å². The smallest absolute Gasteiger partial charge is 0.352 e. The Labute approximate surface area is 185 Å². The highest BCUT2D eigenvalue weighted by Gasteiger charge is 2.43. The molecule has 0 saturated carbocycles. The summed E-state index contributed by atoms with van der Waals surface area (Å²) >= 11 is 0. The SMILES string of the molecule is Cc1ccccc1/C=C(/F)c1cc(-c2cc3c(n2OC(=O)C(F)(F)F)CCNC3=O)ccn1. The van der Waals surface area contributed by atoms with Crippen molar-refractivity contribution in [3.05, 3.63) is 76.7 Å². The van der Waals surface area contributed by atoms with Crippen molar-refractivity contribution in [2.45, 2.75) is 19.5 Å². The summed E-state index contributed by atoms with van der Waals surface area (Å²) in [7, 11) is 0. The molecular formula is C23H17F4N3O3. The lowest BCUT2D eigenvalue weighted by Crippen LogP contribution is -2.37. The van der Waals surface area contributed by atoms with Crippen LogP contribution in [0.1, 0.15) is 32.9 Å². The summed E-state index contributed by atoms with van der Waals surface area (Å²) in [6, 6.07) is 11.1. The third-order valence-electron chi connectivity index (χ3n) is 5.12. The molecule has 1 aromatic carbocycles. The molecule has 0 aliphatic carbocycles. The molecule has 0 unspecified atom stereocenters. The van der Waals surface area contributed by atoms with Gasteiger partial charge in [-0.2, -0.15) is 17.9 Å². The van der Waals surface area contributed by atoms with Gasteiger partial charge in [0, 0.05) is 24.7 Å². The van der Waals surface area contributed by atoms with Crippen molar-refractivity contribution in [2.75, 3.05) is 6.54 Å². The number of carbonyl (C=O) groups is 2. The fraction of sp³-hybridized carbons (Fsp3) is 0.174. The number of aryl methyl sites for hydroxylation is 1. The molecule has 0 saturated heterocycles. The second-order valence-corrected chi connectivity index (χ2v) is 7.35. The normalized spacial score (nSPS) is 14.0. The Hall–Kier alpha value is -3.95. The molecule has 4 rings (SSSR count). The molecular weight excluding hydrogens is 442 g/mol. The Bertz CT molecular complexity index is 1280. The number of halogens is 4.